The topological polar surface area (TPSA) is 46.9 Å². The smallest absolute Gasteiger partial charge is 0.259 e. The number of carbonyl (C=O) groups is 1. The molecule has 1 heterocycles. The van der Waals surface area contributed by atoms with Crippen molar-refractivity contribution < 1.29 is 13.6 Å². The summed E-state index contributed by atoms with van der Waals surface area (Å²) < 4.78 is 28.3. The van der Waals surface area contributed by atoms with E-state index >= 15 is 0 Å². The Morgan fingerprint density at radius 1 is 1.12 bits per heavy atom. The first-order valence-electron chi connectivity index (χ1n) is 7.49. The average Bonchev–Trinajstić information content (AvgIpc) is 3.01. The number of nitrogens with one attached hydrogen (secondary N) is 1. The zero-order chi connectivity index (χ0) is 17.1. The van der Waals surface area contributed by atoms with Crippen molar-refractivity contribution in [3.63, 3.8) is 0 Å². The zero-order valence-electron chi connectivity index (χ0n) is 13.0. The van der Waals surface area contributed by atoms with Gasteiger partial charge in [-0.3, -0.25) is 4.79 Å². The number of amides is 1. The number of para-hydroxylation sites is 1. The van der Waals surface area contributed by atoms with Crippen molar-refractivity contribution >= 4 is 11.6 Å². The van der Waals surface area contributed by atoms with Gasteiger partial charge in [0.2, 0.25) is 0 Å². The van der Waals surface area contributed by atoms with Crippen LogP contribution in [-0.4, -0.2) is 15.7 Å². The van der Waals surface area contributed by atoms with Crippen molar-refractivity contribution in [3.8, 4) is 5.69 Å². The molecule has 0 aliphatic carbocycles. The molecule has 2 aromatic carbocycles. The van der Waals surface area contributed by atoms with Gasteiger partial charge in [-0.05, 0) is 42.8 Å². The number of carbonyl (C=O) groups excluding carboxylic acids is 1. The van der Waals surface area contributed by atoms with Gasteiger partial charge in [-0.15, -0.1) is 0 Å². The highest BCUT2D eigenvalue weighted by molar-refractivity contribution is 6.05. The van der Waals surface area contributed by atoms with Crippen LogP contribution in [0.5, 0.6) is 0 Å². The Bertz CT molecular complexity index is 872. The number of nitrogens with zero attached hydrogens (tertiary/aromatic N) is 2. The third-order valence-corrected chi connectivity index (χ3v) is 3.64. The van der Waals surface area contributed by atoms with Gasteiger partial charge < -0.3 is 5.32 Å². The molecule has 0 saturated heterocycles. The minimum absolute atomic E-state index is 0.110. The number of hydrogen-bond donors (Lipinski definition) is 1. The quantitative estimate of drug-likeness (QED) is 0.788. The molecule has 1 aromatic heterocycles. The molecule has 6 heteroatoms. The first kappa shape index (κ1) is 15.9. The summed E-state index contributed by atoms with van der Waals surface area (Å²) in [5.41, 5.74) is 1.78. The SMILES string of the molecule is CCc1c(C(=O)Nc2ccccc2F)cnn1-c1ccc(F)cc1. The van der Waals surface area contributed by atoms with Crippen molar-refractivity contribution in [1.29, 1.82) is 0 Å². The van der Waals surface area contributed by atoms with E-state index in [4.69, 9.17) is 0 Å². The van der Waals surface area contributed by atoms with Crippen molar-refractivity contribution in [2.24, 2.45) is 0 Å². The molecule has 1 N–H and O–H groups in total. The van der Waals surface area contributed by atoms with Crippen LogP contribution < -0.4 is 5.32 Å². The van der Waals surface area contributed by atoms with Crippen LogP contribution >= 0.6 is 0 Å². The second kappa shape index (κ2) is 6.62. The number of aromatic nitrogens is 2. The van der Waals surface area contributed by atoms with E-state index in [2.05, 4.69) is 10.4 Å². The lowest BCUT2D eigenvalue weighted by atomic mass is 10.1. The highest BCUT2D eigenvalue weighted by Crippen LogP contribution is 2.19. The van der Waals surface area contributed by atoms with Gasteiger partial charge in [0.15, 0.2) is 0 Å². The number of rotatable bonds is 4. The molecule has 1 amide bonds. The second-order valence-corrected chi connectivity index (χ2v) is 5.18. The molecular formula is C18H15F2N3O. The van der Waals surface area contributed by atoms with Crippen LogP contribution in [0.25, 0.3) is 5.69 Å². The van der Waals surface area contributed by atoms with Gasteiger partial charge in [0.25, 0.3) is 5.91 Å². The molecular weight excluding hydrogens is 312 g/mol. The molecule has 24 heavy (non-hydrogen) atoms. The molecule has 0 spiro atoms. The van der Waals surface area contributed by atoms with E-state index in [1.54, 1.807) is 28.9 Å². The van der Waals surface area contributed by atoms with E-state index in [0.717, 1.165) is 0 Å². The van der Waals surface area contributed by atoms with E-state index < -0.39 is 11.7 Å². The molecule has 0 aliphatic rings. The van der Waals surface area contributed by atoms with Crippen molar-refractivity contribution in [1.82, 2.24) is 9.78 Å². The fourth-order valence-electron chi connectivity index (χ4n) is 2.46. The van der Waals surface area contributed by atoms with E-state index in [-0.39, 0.29) is 11.5 Å². The monoisotopic (exact) mass is 327 g/mol. The highest BCUT2D eigenvalue weighted by atomic mass is 19.1. The largest absolute Gasteiger partial charge is 0.319 e. The molecule has 3 rings (SSSR count). The maximum absolute atomic E-state index is 13.7. The number of halogens is 2. The highest BCUT2D eigenvalue weighted by Gasteiger charge is 2.18. The normalized spacial score (nSPS) is 10.6. The summed E-state index contributed by atoms with van der Waals surface area (Å²) in [4.78, 5) is 12.5. The molecule has 122 valence electrons. The summed E-state index contributed by atoms with van der Waals surface area (Å²) in [7, 11) is 0. The Morgan fingerprint density at radius 3 is 2.50 bits per heavy atom. The third-order valence-electron chi connectivity index (χ3n) is 3.64. The van der Waals surface area contributed by atoms with Gasteiger partial charge in [-0.1, -0.05) is 19.1 Å². The first-order chi connectivity index (χ1) is 11.6. The molecule has 0 aliphatic heterocycles. The van der Waals surface area contributed by atoms with Crippen molar-refractivity contribution in [3.05, 3.63) is 77.6 Å². The van der Waals surface area contributed by atoms with E-state index in [1.165, 1.54) is 30.5 Å². The Balaban J connectivity index is 1.93. The van der Waals surface area contributed by atoms with Gasteiger partial charge in [0.1, 0.15) is 11.6 Å². The lowest BCUT2D eigenvalue weighted by molar-refractivity contribution is 0.102. The number of anilines is 1. The summed E-state index contributed by atoms with van der Waals surface area (Å²) in [6.45, 7) is 1.89. The molecule has 0 bridgehead atoms. The fraction of sp³-hybridized carbons (Fsp3) is 0.111. The van der Waals surface area contributed by atoms with Crippen LogP contribution in [0, 0.1) is 11.6 Å². The van der Waals surface area contributed by atoms with Gasteiger partial charge in [-0.2, -0.15) is 5.10 Å². The summed E-state index contributed by atoms with van der Waals surface area (Å²) in [5.74, 6) is -1.29. The van der Waals surface area contributed by atoms with Gasteiger partial charge in [0.05, 0.1) is 28.8 Å². The summed E-state index contributed by atoms with van der Waals surface area (Å²) in [6.07, 6.45) is 1.97. The second-order valence-electron chi connectivity index (χ2n) is 5.18. The van der Waals surface area contributed by atoms with E-state index in [9.17, 15) is 13.6 Å². The predicted molar refractivity (Wildman–Crippen MR) is 87.3 cm³/mol. The van der Waals surface area contributed by atoms with Crippen LogP contribution in [0.1, 0.15) is 23.0 Å². The number of benzene rings is 2. The summed E-state index contributed by atoms with van der Waals surface area (Å²) >= 11 is 0. The Kier molecular flexibility index (Phi) is 4.37. The average molecular weight is 327 g/mol. The minimum Gasteiger partial charge on any atom is -0.319 e. The maximum atomic E-state index is 13.7. The van der Waals surface area contributed by atoms with Gasteiger partial charge in [-0.25, -0.2) is 13.5 Å². The van der Waals surface area contributed by atoms with E-state index in [1.807, 2.05) is 6.92 Å². The number of hydrogen-bond acceptors (Lipinski definition) is 2. The lowest BCUT2D eigenvalue weighted by Gasteiger charge is -2.09. The van der Waals surface area contributed by atoms with Crippen molar-refractivity contribution in [2.75, 3.05) is 5.32 Å². The minimum atomic E-state index is -0.505. The molecule has 0 fully saturated rings. The Hall–Kier alpha value is -3.02. The molecule has 0 unspecified atom stereocenters. The summed E-state index contributed by atoms with van der Waals surface area (Å²) in [5, 5.41) is 6.76. The zero-order valence-corrected chi connectivity index (χ0v) is 13.0. The molecule has 3 aromatic rings. The fourth-order valence-corrected chi connectivity index (χ4v) is 2.46. The lowest BCUT2D eigenvalue weighted by Crippen LogP contribution is -2.15. The van der Waals surface area contributed by atoms with Crippen LogP contribution in [0.2, 0.25) is 0 Å². The predicted octanol–water partition coefficient (Wildman–Crippen LogP) is 3.97. The van der Waals surface area contributed by atoms with Crippen LogP contribution in [-0.2, 0) is 6.42 Å². The molecule has 0 saturated carbocycles. The van der Waals surface area contributed by atoms with E-state index in [0.29, 0.717) is 23.4 Å². The van der Waals surface area contributed by atoms with Gasteiger partial charge >= 0.3 is 0 Å². The molecule has 4 nitrogen and oxygen atoms in total. The Morgan fingerprint density at radius 2 is 1.83 bits per heavy atom. The standard InChI is InChI=1S/C18H15F2N3O/c1-2-17-14(18(24)22-16-6-4-3-5-15(16)20)11-21-23(17)13-9-7-12(19)8-10-13/h3-11H,2H2,1H3,(H,22,24). The van der Waals surface area contributed by atoms with Crippen LogP contribution in [0.3, 0.4) is 0 Å². The molecule has 0 radical (unpaired) electrons. The Labute approximate surface area is 137 Å². The van der Waals surface area contributed by atoms with Crippen LogP contribution in [0.15, 0.2) is 54.7 Å². The van der Waals surface area contributed by atoms with Gasteiger partial charge in [0, 0.05) is 0 Å². The first-order valence-corrected chi connectivity index (χ1v) is 7.49. The van der Waals surface area contributed by atoms with Crippen molar-refractivity contribution in [2.45, 2.75) is 13.3 Å². The summed E-state index contributed by atoms with van der Waals surface area (Å²) in [6, 6.07) is 11.8. The maximum Gasteiger partial charge on any atom is 0.259 e. The third kappa shape index (κ3) is 3.03. The molecule has 0 atom stereocenters. The van der Waals surface area contributed by atoms with Crippen LogP contribution in [0.4, 0.5) is 14.5 Å².